The third-order valence-electron chi connectivity index (χ3n) is 4.89. The Morgan fingerprint density at radius 1 is 1.29 bits per heavy atom. The number of carbonyl (C=O) groups is 2. The smallest absolute Gasteiger partial charge is 0.265 e. The lowest BCUT2D eigenvalue weighted by molar-refractivity contribution is -0.123. The predicted octanol–water partition coefficient (Wildman–Crippen LogP) is 1.66. The van der Waals surface area contributed by atoms with E-state index in [1.807, 2.05) is 6.07 Å². The molecule has 0 saturated heterocycles. The van der Waals surface area contributed by atoms with Crippen molar-refractivity contribution in [1.82, 2.24) is 9.62 Å². The fraction of sp³-hybridized carbons (Fsp3) is 0.333. The van der Waals surface area contributed by atoms with E-state index in [-0.39, 0.29) is 29.6 Å². The molecule has 0 bridgehead atoms. The lowest BCUT2D eigenvalue weighted by Gasteiger charge is -2.25. The first-order valence-corrected chi connectivity index (χ1v) is 11.0. The van der Waals surface area contributed by atoms with Gasteiger partial charge in [0.15, 0.2) is 6.10 Å². The molecule has 1 aliphatic heterocycles. The number of rotatable bonds is 7. The number of sulfonamides is 1. The van der Waals surface area contributed by atoms with Crippen LogP contribution in [0.5, 0.6) is 11.5 Å². The monoisotopic (exact) mass is 447 g/mol. The molecule has 2 aromatic rings. The first-order chi connectivity index (χ1) is 14.6. The fourth-order valence-corrected chi connectivity index (χ4v) is 4.46. The Hall–Kier alpha value is -3.11. The van der Waals surface area contributed by atoms with Gasteiger partial charge in [0.05, 0.1) is 24.2 Å². The lowest BCUT2D eigenvalue weighted by atomic mass is 10.1. The highest BCUT2D eigenvalue weighted by Crippen LogP contribution is 2.35. The second-order valence-corrected chi connectivity index (χ2v) is 9.27. The highest BCUT2D eigenvalue weighted by atomic mass is 32.2. The number of anilines is 1. The van der Waals surface area contributed by atoms with E-state index in [1.165, 1.54) is 13.1 Å². The van der Waals surface area contributed by atoms with E-state index in [4.69, 9.17) is 9.47 Å². The summed E-state index contributed by atoms with van der Waals surface area (Å²) in [6, 6.07) is 10.1. The Morgan fingerprint density at radius 3 is 2.74 bits per heavy atom. The molecule has 3 rings (SSSR count). The maximum absolute atomic E-state index is 13.1. The average Bonchev–Trinajstić information content (AvgIpc) is 2.73. The number of aryl methyl sites for hydroxylation is 1. The Bertz CT molecular complexity index is 1120. The van der Waals surface area contributed by atoms with Crippen molar-refractivity contribution in [2.24, 2.45) is 0 Å². The van der Waals surface area contributed by atoms with Crippen LogP contribution in [-0.4, -0.2) is 51.3 Å². The summed E-state index contributed by atoms with van der Waals surface area (Å²) in [5.41, 5.74) is 1.68. The van der Waals surface area contributed by atoms with Crippen LogP contribution in [-0.2, 0) is 26.2 Å². The Kier molecular flexibility index (Phi) is 6.51. The number of hydrogen-bond acceptors (Lipinski definition) is 6. The molecule has 0 aliphatic carbocycles. The van der Waals surface area contributed by atoms with Crippen LogP contribution < -0.4 is 20.1 Å². The average molecular weight is 448 g/mol. The van der Waals surface area contributed by atoms with E-state index in [1.54, 1.807) is 45.2 Å². The van der Waals surface area contributed by atoms with Gasteiger partial charge in [-0.2, -0.15) is 4.31 Å². The highest BCUT2D eigenvalue weighted by molar-refractivity contribution is 7.89. The van der Waals surface area contributed by atoms with Gasteiger partial charge in [0.25, 0.3) is 5.91 Å². The van der Waals surface area contributed by atoms with Crippen molar-refractivity contribution in [3.8, 4) is 11.5 Å². The number of nitrogens with one attached hydrogen (secondary N) is 2. The minimum absolute atomic E-state index is 0.0118. The summed E-state index contributed by atoms with van der Waals surface area (Å²) in [7, 11) is -1.07. The second kappa shape index (κ2) is 8.94. The largest absolute Gasteiger partial charge is 0.497 e. The van der Waals surface area contributed by atoms with E-state index in [0.717, 1.165) is 9.87 Å². The first-order valence-electron chi connectivity index (χ1n) is 9.60. The Balaban J connectivity index is 1.70. The molecule has 2 amide bonds. The summed E-state index contributed by atoms with van der Waals surface area (Å²) in [5.74, 6) is 0.197. The number of carbonyl (C=O) groups excluding carboxylic acids is 2. The number of hydrogen-bond donors (Lipinski definition) is 2. The lowest BCUT2D eigenvalue weighted by Crippen LogP contribution is -2.38. The predicted molar refractivity (Wildman–Crippen MR) is 115 cm³/mol. The van der Waals surface area contributed by atoms with E-state index >= 15 is 0 Å². The van der Waals surface area contributed by atoms with E-state index in [9.17, 15) is 18.0 Å². The molecule has 31 heavy (non-hydrogen) atoms. The molecule has 0 saturated carbocycles. The summed E-state index contributed by atoms with van der Waals surface area (Å²) in [5, 5.41) is 5.39. The van der Waals surface area contributed by atoms with E-state index < -0.39 is 22.0 Å². The quantitative estimate of drug-likeness (QED) is 0.667. The zero-order valence-electron chi connectivity index (χ0n) is 17.8. The van der Waals surface area contributed by atoms with E-state index in [0.29, 0.717) is 17.0 Å². The number of ether oxygens (including phenoxy) is 2. The van der Waals surface area contributed by atoms with Gasteiger partial charge in [-0.05, 0) is 43.2 Å². The standard InChI is InChI=1S/C21H25N3O6S/c1-13-8-17-18(30-14(2)21(26)23-17)10-19(13)31(27,28)24(3)12-20(25)22-11-15-6-5-7-16(9-15)29-4/h5-10,14H,11-12H2,1-4H3,(H,22,25)(H,23,26). The number of likely N-dealkylation sites (N-methyl/N-ethyl adjacent to an activating group) is 1. The van der Waals surface area contributed by atoms with Crippen LogP contribution in [0, 0.1) is 6.92 Å². The zero-order chi connectivity index (χ0) is 22.8. The summed E-state index contributed by atoms with van der Waals surface area (Å²) >= 11 is 0. The topological polar surface area (TPSA) is 114 Å². The van der Waals surface area contributed by atoms with Crippen LogP contribution in [0.2, 0.25) is 0 Å². The molecule has 0 radical (unpaired) electrons. The van der Waals surface area contributed by atoms with Gasteiger partial charge >= 0.3 is 0 Å². The van der Waals surface area contributed by atoms with Crippen LogP contribution >= 0.6 is 0 Å². The third kappa shape index (κ3) is 4.97. The molecule has 166 valence electrons. The summed E-state index contributed by atoms with van der Waals surface area (Å²) in [6.45, 7) is 3.09. The van der Waals surface area contributed by atoms with Crippen LogP contribution in [0.3, 0.4) is 0 Å². The SMILES string of the molecule is COc1cccc(CNC(=O)CN(C)S(=O)(=O)c2cc3c(cc2C)NC(=O)C(C)O3)c1. The number of methoxy groups -OCH3 is 1. The van der Waals surface area contributed by atoms with Gasteiger partial charge < -0.3 is 20.1 Å². The summed E-state index contributed by atoms with van der Waals surface area (Å²) in [4.78, 5) is 24.1. The van der Waals surface area contributed by atoms with Crippen molar-refractivity contribution < 1.29 is 27.5 Å². The molecule has 1 heterocycles. The maximum atomic E-state index is 13.1. The van der Waals surface area contributed by atoms with Gasteiger partial charge in [-0.3, -0.25) is 9.59 Å². The molecular formula is C21H25N3O6S. The van der Waals surface area contributed by atoms with Gasteiger partial charge in [-0.25, -0.2) is 8.42 Å². The van der Waals surface area contributed by atoms with Gasteiger partial charge in [0.2, 0.25) is 15.9 Å². The first kappa shape index (κ1) is 22.6. The summed E-state index contributed by atoms with van der Waals surface area (Å²) in [6.07, 6.45) is -0.731. The zero-order valence-corrected chi connectivity index (χ0v) is 18.6. The van der Waals surface area contributed by atoms with Gasteiger partial charge in [0.1, 0.15) is 11.5 Å². The molecular weight excluding hydrogens is 422 g/mol. The van der Waals surface area contributed by atoms with Crippen molar-refractivity contribution in [3.05, 3.63) is 47.5 Å². The van der Waals surface area contributed by atoms with Crippen molar-refractivity contribution in [3.63, 3.8) is 0 Å². The van der Waals surface area contributed by atoms with Crippen molar-refractivity contribution >= 4 is 27.5 Å². The van der Waals surface area contributed by atoms with E-state index in [2.05, 4.69) is 10.6 Å². The molecule has 2 N–H and O–H groups in total. The second-order valence-electron chi connectivity index (χ2n) is 7.25. The summed E-state index contributed by atoms with van der Waals surface area (Å²) < 4.78 is 37.8. The molecule has 0 spiro atoms. The Morgan fingerprint density at radius 2 is 2.03 bits per heavy atom. The van der Waals surface area contributed by atoms with Crippen molar-refractivity contribution in [2.45, 2.75) is 31.4 Å². The van der Waals surface area contributed by atoms with Gasteiger partial charge in [-0.15, -0.1) is 0 Å². The maximum Gasteiger partial charge on any atom is 0.265 e. The van der Waals surface area contributed by atoms with Crippen LogP contribution in [0.4, 0.5) is 5.69 Å². The number of nitrogens with zero attached hydrogens (tertiary/aromatic N) is 1. The van der Waals surface area contributed by atoms with Crippen molar-refractivity contribution in [1.29, 1.82) is 0 Å². The molecule has 1 atom stereocenters. The molecule has 1 unspecified atom stereocenters. The molecule has 0 aromatic heterocycles. The fourth-order valence-electron chi connectivity index (χ4n) is 3.11. The minimum atomic E-state index is -3.96. The molecule has 1 aliphatic rings. The van der Waals surface area contributed by atoms with Crippen molar-refractivity contribution in [2.75, 3.05) is 26.0 Å². The Labute approximate surface area is 181 Å². The number of fused-ring (bicyclic) bond motifs is 1. The number of benzene rings is 2. The third-order valence-corrected chi connectivity index (χ3v) is 6.83. The molecule has 10 heteroatoms. The number of amides is 2. The van der Waals surface area contributed by atoms with Crippen LogP contribution in [0.15, 0.2) is 41.3 Å². The highest BCUT2D eigenvalue weighted by Gasteiger charge is 2.30. The molecule has 0 fully saturated rings. The van der Waals surface area contributed by atoms with Gasteiger partial charge in [-0.1, -0.05) is 12.1 Å². The van der Waals surface area contributed by atoms with Crippen LogP contribution in [0.1, 0.15) is 18.1 Å². The van der Waals surface area contributed by atoms with Crippen LogP contribution in [0.25, 0.3) is 0 Å². The normalized spacial score (nSPS) is 15.6. The minimum Gasteiger partial charge on any atom is -0.497 e. The molecule has 9 nitrogen and oxygen atoms in total. The van der Waals surface area contributed by atoms with Gasteiger partial charge in [0, 0.05) is 19.7 Å². The molecule has 2 aromatic carbocycles.